The maximum absolute atomic E-state index is 13.6. The van der Waals surface area contributed by atoms with Crippen LogP contribution in [-0.4, -0.2) is 52.8 Å². The van der Waals surface area contributed by atoms with Crippen molar-refractivity contribution in [2.75, 3.05) is 31.1 Å². The van der Waals surface area contributed by atoms with Crippen molar-refractivity contribution in [1.29, 1.82) is 0 Å². The summed E-state index contributed by atoms with van der Waals surface area (Å²) in [7, 11) is 0. The van der Waals surface area contributed by atoms with Gasteiger partial charge in [-0.3, -0.25) is 14.5 Å². The smallest absolute Gasteiger partial charge is 0.228 e. The van der Waals surface area contributed by atoms with E-state index in [9.17, 15) is 9.59 Å². The number of aryl methyl sites for hydroxylation is 1. The van der Waals surface area contributed by atoms with Gasteiger partial charge in [-0.25, -0.2) is 4.98 Å². The summed E-state index contributed by atoms with van der Waals surface area (Å²) in [5, 5.41) is 3.50. The molecular weight excluding hydrogens is 504 g/mol. The van der Waals surface area contributed by atoms with Gasteiger partial charge in [0.25, 0.3) is 0 Å². The number of carbonyl (C=O) groups is 2. The molecule has 0 spiro atoms. The van der Waals surface area contributed by atoms with E-state index < -0.39 is 0 Å². The van der Waals surface area contributed by atoms with Gasteiger partial charge < -0.3 is 9.80 Å². The van der Waals surface area contributed by atoms with Gasteiger partial charge >= 0.3 is 0 Å². The molecule has 3 aromatic rings. The number of rotatable bonds is 6. The van der Waals surface area contributed by atoms with Crippen molar-refractivity contribution >= 4 is 40.4 Å². The number of aromatic nitrogens is 1. The van der Waals surface area contributed by atoms with Gasteiger partial charge in [0.1, 0.15) is 0 Å². The molecule has 0 radical (unpaired) electrons. The van der Waals surface area contributed by atoms with Gasteiger partial charge in [0.2, 0.25) is 11.8 Å². The Kier molecular flexibility index (Phi) is 9.72. The Hall–Kier alpha value is -2.74. The van der Waals surface area contributed by atoms with E-state index in [0.717, 1.165) is 54.4 Å². The van der Waals surface area contributed by atoms with Crippen LogP contribution in [-0.2, 0) is 29.1 Å². The first-order chi connectivity index (χ1) is 17.9. The van der Waals surface area contributed by atoms with Gasteiger partial charge in [0.05, 0.1) is 22.8 Å². The maximum atomic E-state index is 13.6. The number of hydrogen-bond acceptors (Lipinski definition) is 5. The summed E-state index contributed by atoms with van der Waals surface area (Å²) < 4.78 is 0. The molecule has 196 valence electrons. The fraction of sp³-hybridized carbons (Fsp3) is 0.414. The first kappa shape index (κ1) is 27.3. The number of hydrogen-bond donors (Lipinski definition) is 0. The molecule has 37 heavy (non-hydrogen) atoms. The fourth-order valence-electron chi connectivity index (χ4n) is 4.73. The Labute approximate surface area is 228 Å². The van der Waals surface area contributed by atoms with Crippen molar-refractivity contribution in [2.45, 2.75) is 52.6 Å². The van der Waals surface area contributed by atoms with E-state index in [-0.39, 0.29) is 18.2 Å². The molecule has 4 rings (SSSR count). The number of carbonyl (C=O) groups excluding carboxylic acids is 2. The number of halogens is 1. The second-order valence-electron chi connectivity index (χ2n) is 9.53. The predicted octanol–water partition coefficient (Wildman–Crippen LogP) is 5.72. The number of nitrogens with zero attached hydrogens (tertiary/aromatic N) is 4. The molecule has 1 aromatic heterocycles. The molecule has 0 saturated heterocycles. The molecule has 0 bridgehead atoms. The van der Waals surface area contributed by atoms with Crippen molar-refractivity contribution < 1.29 is 9.59 Å². The zero-order valence-electron chi connectivity index (χ0n) is 21.7. The third-order valence-electron chi connectivity index (χ3n) is 6.61. The van der Waals surface area contributed by atoms with E-state index in [1.807, 2.05) is 53.3 Å². The van der Waals surface area contributed by atoms with Crippen molar-refractivity contribution in [2.24, 2.45) is 0 Å². The third kappa shape index (κ3) is 7.63. The molecule has 2 amide bonds. The summed E-state index contributed by atoms with van der Waals surface area (Å²) in [6, 6.07) is 16.1. The quantitative estimate of drug-likeness (QED) is 0.403. The molecule has 2 aromatic carbocycles. The Balaban J connectivity index is 1.65. The van der Waals surface area contributed by atoms with E-state index in [2.05, 4.69) is 34.1 Å². The van der Waals surface area contributed by atoms with Crippen LogP contribution in [0.2, 0.25) is 5.02 Å². The Morgan fingerprint density at radius 1 is 1.03 bits per heavy atom. The zero-order valence-corrected chi connectivity index (χ0v) is 23.2. The first-order valence-corrected chi connectivity index (χ1v) is 14.2. The van der Waals surface area contributed by atoms with E-state index in [0.29, 0.717) is 31.1 Å². The second kappa shape index (κ2) is 13.2. The highest BCUT2D eigenvalue weighted by atomic mass is 35.5. The van der Waals surface area contributed by atoms with Crippen LogP contribution in [0.1, 0.15) is 48.0 Å². The van der Waals surface area contributed by atoms with Crippen molar-refractivity contribution in [1.82, 2.24) is 14.8 Å². The van der Waals surface area contributed by atoms with Crippen LogP contribution in [0, 0.1) is 6.92 Å². The Morgan fingerprint density at radius 2 is 1.84 bits per heavy atom. The molecule has 0 atom stereocenters. The highest BCUT2D eigenvalue weighted by molar-refractivity contribution is 7.09. The minimum Gasteiger partial charge on any atom is -0.337 e. The average molecular weight is 539 g/mol. The van der Waals surface area contributed by atoms with Crippen LogP contribution in [0.3, 0.4) is 0 Å². The molecular formula is C29H35ClN4O2S. The molecule has 8 heteroatoms. The molecule has 1 aliphatic rings. The van der Waals surface area contributed by atoms with Crippen LogP contribution in [0.5, 0.6) is 0 Å². The summed E-state index contributed by atoms with van der Waals surface area (Å²) in [5.41, 5.74) is 3.79. The van der Waals surface area contributed by atoms with E-state index in [4.69, 9.17) is 11.6 Å². The van der Waals surface area contributed by atoms with Gasteiger partial charge in [0, 0.05) is 56.1 Å². The standard InChI is InChI=1S/C29H35ClN4O2S/c1-3-8-28(35)34-14-7-13-32(19-23-9-5-4-6-10-23)15-16-33(20-24-11-12-25(30)17-27(24)34)29(36)18-26-21-37-22(2)31-26/h4-6,9-12,17,21H,3,7-8,13-16,18-20H2,1-2H3. The van der Waals surface area contributed by atoms with E-state index in [1.165, 1.54) is 5.56 Å². The Bertz CT molecular complexity index is 1200. The Morgan fingerprint density at radius 3 is 2.57 bits per heavy atom. The monoisotopic (exact) mass is 538 g/mol. The fourth-order valence-corrected chi connectivity index (χ4v) is 5.51. The molecule has 0 saturated carbocycles. The maximum Gasteiger partial charge on any atom is 0.228 e. The van der Waals surface area contributed by atoms with Crippen molar-refractivity contribution in [3.63, 3.8) is 0 Å². The van der Waals surface area contributed by atoms with E-state index >= 15 is 0 Å². The van der Waals surface area contributed by atoms with Gasteiger partial charge in [-0.15, -0.1) is 11.3 Å². The number of amides is 2. The van der Waals surface area contributed by atoms with Crippen LogP contribution in [0.15, 0.2) is 53.9 Å². The highest BCUT2D eigenvalue weighted by Crippen LogP contribution is 2.28. The van der Waals surface area contributed by atoms with Gasteiger partial charge in [-0.05, 0) is 43.0 Å². The van der Waals surface area contributed by atoms with E-state index in [1.54, 1.807) is 11.3 Å². The normalized spacial score (nSPS) is 15.2. The van der Waals surface area contributed by atoms with Crippen LogP contribution in [0.25, 0.3) is 0 Å². The molecule has 0 aliphatic carbocycles. The largest absolute Gasteiger partial charge is 0.337 e. The zero-order chi connectivity index (χ0) is 26.2. The summed E-state index contributed by atoms with van der Waals surface area (Å²) in [6.07, 6.45) is 2.36. The highest BCUT2D eigenvalue weighted by Gasteiger charge is 2.24. The SMILES string of the molecule is CCCC(=O)N1CCCN(Cc2ccccc2)CCN(C(=O)Cc2csc(C)n2)Cc2ccc(Cl)cc21. The predicted molar refractivity (Wildman–Crippen MR) is 151 cm³/mol. The minimum atomic E-state index is 0.0385. The van der Waals surface area contributed by atoms with Crippen molar-refractivity contribution in [3.8, 4) is 0 Å². The summed E-state index contributed by atoms with van der Waals surface area (Å²) >= 11 is 7.97. The second-order valence-corrected chi connectivity index (χ2v) is 11.0. The van der Waals surface area contributed by atoms with Crippen LogP contribution < -0.4 is 4.90 Å². The topological polar surface area (TPSA) is 56.8 Å². The first-order valence-electron chi connectivity index (χ1n) is 13.0. The summed E-state index contributed by atoms with van der Waals surface area (Å²) in [6.45, 7) is 7.99. The number of fused-ring (bicyclic) bond motifs is 1. The lowest BCUT2D eigenvalue weighted by atomic mass is 10.1. The van der Waals surface area contributed by atoms with Gasteiger partial charge in [0.15, 0.2) is 0 Å². The molecule has 1 aliphatic heterocycles. The molecule has 0 unspecified atom stereocenters. The molecule has 0 N–H and O–H groups in total. The lowest BCUT2D eigenvalue weighted by Crippen LogP contribution is -2.39. The number of anilines is 1. The summed E-state index contributed by atoms with van der Waals surface area (Å²) in [4.78, 5) is 37.5. The van der Waals surface area contributed by atoms with Crippen molar-refractivity contribution in [3.05, 3.63) is 80.8 Å². The molecule has 2 heterocycles. The van der Waals surface area contributed by atoms with Crippen LogP contribution in [0.4, 0.5) is 5.69 Å². The lowest BCUT2D eigenvalue weighted by Gasteiger charge is -2.28. The molecule has 6 nitrogen and oxygen atoms in total. The lowest BCUT2D eigenvalue weighted by molar-refractivity contribution is -0.131. The summed E-state index contributed by atoms with van der Waals surface area (Å²) in [5.74, 6) is 0.132. The minimum absolute atomic E-state index is 0.0385. The van der Waals surface area contributed by atoms with Gasteiger partial charge in [-0.2, -0.15) is 0 Å². The third-order valence-corrected chi connectivity index (χ3v) is 7.66. The van der Waals surface area contributed by atoms with Crippen LogP contribution >= 0.6 is 22.9 Å². The number of thiazole rings is 1. The van der Waals surface area contributed by atoms with Gasteiger partial charge in [-0.1, -0.05) is 54.9 Å². The number of benzene rings is 2. The average Bonchev–Trinajstić information content (AvgIpc) is 3.28. The molecule has 0 fully saturated rings.